The molecular formula is C12H16N2O5. The van der Waals surface area contributed by atoms with Crippen molar-refractivity contribution < 1.29 is 19.4 Å². The average Bonchev–Trinajstić information content (AvgIpc) is 2.90. The van der Waals surface area contributed by atoms with Gasteiger partial charge >= 0.3 is 5.97 Å². The molecule has 7 heteroatoms. The van der Waals surface area contributed by atoms with E-state index < -0.39 is 17.3 Å². The van der Waals surface area contributed by atoms with E-state index in [0.717, 1.165) is 6.42 Å². The Morgan fingerprint density at radius 1 is 1.63 bits per heavy atom. The highest BCUT2D eigenvalue weighted by Crippen LogP contribution is 2.24. The predicted molar refractivity (Wildman–Crippen MR) is 65.3 cm³/mol. The highest BCUT2D eigenvalue weighted by Gasteiger charge is 2.27. The number of hydrogen-bond donors (Lipinski definition) is 1. The summed E-state index contributed by atoms with van der Waals surface area (Å²) in [6, 6.07) is 0. The number of rotatable bonds is 3. The van der Waals surface area contributed by atoms with Crippen LogP contribution in [0.2, 0.25) is 0 Å². The molecule has 2 heterocycles. The normalized spacial score (nSPS) is 18.5. The Bertz CT molecular complexity index is 546. The van der Waals surface area contributed by atoms with Crippen molar-refractivity contribution in [2.75, 3.05) is 19.8 Å². The minimum atomic E-state index is -0.794. The molecule has 0 amide bonds. The summed E-state index contributed by atoms with van der Waals surface area (Å²) in [6.45, 7) is 2.84. The second-order valence-corrected chi connectivity index (χ2v) is 4.31. The molecule has 1 aliphatic rings. The maximum absolute atomic E-state index is 11.9. The number of hydrogen-bond acceptors (Lipinski definition) is 6. The molecule has 104 valence electrons. The van der Waals surface area contributed by atoms with Crippen LogP contribution in [-0.2, 0) is 16.5 Å². The summed E-state index contributed by atoms with van der Waals surface area (Å²) in [6.07, 6.45) is 0.729. The van der Waals surface area contributed by atoms with Crippen LogP contribution in [-0.4, -0.2) is 40.4 Å². The van der Waals surface area contributed by atoms with Gasteiger partial charge in [0.05, 0.1) is 13.2 Å². The van der Waals surface area contributed by atoms with Gasteiger partial charge in [0.15, 0.2) is 5.69 Å². The molecule has 1 aromatic heterocycles. The van der Waals surface area contributed by atoms with Crippen molar-refractivity contribution in [1.82, 2.24) is 9.55 Å². The zero-order valence-corrected chi connectivity index (χ0v) is 10.9. The van der Waals surface area contributed by atoms with E-state index in [4.69, 9.17) is 9.47 Å². The average molecular weight is 268 g/mol. The summed E-state index contributed by atoms with van der Waals surface area (Å²) in [4.78, 5) is 27.7. The van der Waals surface area contributed by atoms with Gasteiger partial charge in [-0.15, -0.1) is 0 Å². The molecule has 7 nitrogen and oxygen atoms in total. The number of esters is 1. The van der Waals surface area contributed by atoms with Crippen molar-refractivity contribution >= 4 is 5.97 Å². The lowest BCUT2D eigenvalue weighted by Crippen LogP contribution is -2.27. The molecule has 1 aliphatic heterocycles. The van der Waals surface area contributed by atoms with Crippen LogP contribution in [0.4, 0.5) is 0 Å². The van der Waals surface area contributed by atoms with Crippen LogP contribution in [0.15, 0.2) is 4.79 Å². The van der Waals surface area contributed by atoms with Gasteiger partial charge in [-0.25, -0.2) is 9.78 Å². The molecule has 0 saturated carbocycles. The first kappa shape index (κ1) is 13.5. The van der Waals surface area contributed by atoms with Crippen molar-refractivity contribution in [2.24, 2.45) is 7.05 Å². The van der Waals surface area contributed by atoms with E-state index in [0.29, 0.717) is 19.0 Å². The van der Waals surface area contributed by atoms with Gasteiger partial charge in [-0.3, -0.25) is 9.36 Å². The smallest absolute Gasteiger partial charge is 0.361 e. The Morgan fingerprint density at radius 3 is 2.95 bits per heavy atom. The quantitative estimate of drug-likeness (QED) is 0.786. The highest BCUT2D eigenvalue weighted by molar-refractivity contribution is 5.89. The number of ether oxygens (including phenoxy) is 2. The first-order chi connectivity index (χ1) is 9.06. The number of aromatic hydroxyl groups is 1. The van der Waals surface area contributed by atoms with E-state index in [1.807, 2.05) is 0 Å². The lowest BCUT2D eigenvalue weighted by Gasteiger charge is -2.14. The summed E-state index contributed by atoms with van der Waals surface area (Å²) in [5.74, 6) is -1.09. The van der Waals surface area contributed by atoms with E-state index in [-0.39, 0.29) is 18.2 Å². The zero-order chi connectivity index (χ0) is 14.0. The van der Waals surface area contributed by atoms with Crippen molar-refractivity contribution in [1.29, 1.82) is 0 Å². The molecule has 2 rings (SSSR count). The standard InChI is InChI=1S/C12H16N2O5/c1-3-19-12(17)8-9(15)11(16)14(2)10(13-8)7-4-5-18-6-7/h7,15H,3-6H2,1-2H3. The van der Waals surface area contributed by atoms with E-state index in [2.05, 4.69) is 4.98 Å². The molecule has 1 unspecified atom stereocenters. The van der Waals surface area contributed by atoms with E-state index in [9.17, 15) is 14.7 Å². The Morgan fingerprint density at radius 2 is 2.37 bits per heavy atom. The fourth-order valence-corrected chi connectivity index (χ4v) is 2.05. The third-order valence-corrected chi connectivity index (χ3v) is 3.07. The monoisotopic (exact) mass is 268 g/mol. The van der Waals surface area contributed by atoms with Crippen LogP contribution in [0.1, 0.15) is 35.6 Å². The van der Waals surface area contributed by atoms with Gasteiger partial charge in [0.2, 0.25) is 5.75 Å². The third-order valence-electron chi connectivity index (χ3n) is 3.07. The summed E-state index contributed by atoms with van der Waals surface area (Å²) in [7, 11) is 1.51. The van der Waals surface area contributed by atoms with Gasteiger partial charge < -0.3 is 14.6 Å². The zero-order valence-electron chi connectivity index (χ0n) is 10.9. The molecule has 0 radical (unpaired) electrons. The van der Waals surface area contributed by atoms with Gasteiger partial charge in [0, 0.05) is 19.6 Å². The largest absolute Gasteiger partial charge is 0.501 e. The van der Waals surface area contributed by atoms with E-state index in [1.165, 1.54) is 11.6 Å². The molecular weight excluding hydrogens is 252 g/mol. The van der Waals surface area contributed by atoms with Crippen molar-refractivity contribution in [2.45, 2.75) is 19.3 Å². The summed E-state index contributed by atoms with van der Waals surface area (Å²) in [5.41, 5.74) is -0.980. The van der Waals surface area contributed by atoms with Crippen LogP contribution in [0, 0.1) is 0 Å². The maximum Gasteiger partial charge on any atom is 0.361 e. The molecule has 0 aliphatic carbocycles. The third kappa shape index (κ3) is 2.46. The van der Waals surface area contributed by atoms with Crippen molar-refractivity contribution in [3.63, 3.8) is 0 Å². The van der Waals surface area contributed by atoms with Crippen LogP contribution in [0.3, 0.4) is 0 Å². The maximum atomic E-state index is 11.9. The Balaban J connectivity index is 2.50. The van der Waals surface area contributed by atoms with Gasteiger partial charge in [-0.1, -0.05) is 0 Å². The van der Waals surface area contributed by atoms with Gasteiger partial charge in [-0.05, 0) is 13.3 Å². The van der Waals surface area contributed by atoms with Crippen LogP contribution in [0.25, 0.3) is 0 Å². The Hall–Kier alpha value is -1.89. The highest BCUT2D eigenvalue weighted by atomic mass is 16.5. The summed E-state index contributed by atoms with van der Waals surface area (Å²) in [5, 5.41) is 9.71. The minimum Gasteiger partial charge on any atom is -0.501 e. The van der Waals surface area contributed by atoms with Crippen molar-refractivity contribution in [3.8, 4) is 5.75 Å². The Labute approximate surface area is 109 Å². The van der Waals surface area contributed by atoms with Crippen LogP contribution in [0.5, 0.6) is 5.75 Å². The summed E-state index contributed by atoms with van der Waals surface area (Å²) >= 11 is 0. The second-order valence-electron chi connectivity index (χ2n) is 4.31. The lowest BCUT2D eigenvalue weighted by molar-refractivity contribution is 0.0514. The number of nitrogens with zero attached hydrogens (tertiary/aromatic N) is 2. The van der Waals surface area contributed by atoms with Crippen LogP contribution < -0.4 is 5.56 Å². The van der Waals surface area contributed by atoms with Gasteiger partial charge in [0.1, 0.15) is 5.82 Å². The van der Waals surface area contributed by atoms with Crippen LogP contribution >= 0.6 is 0 Å². The molecule has 19 heavy (non-hydrogen) atoms. The van der Waals surface area contributed by atoms with Gasteiger partial charge in [0.25, 0.3) is 5.56 Å². The minimum absolute atomic E-state index is 0.0496. The second kappa shape index (κ2) is 5.40. The predicted octanol–water partition coefficient (Wildman–Crippen LogP) is 0.166. The fraction of sp³-hybridized carbons (Fsp3) is 0.583. The molecule has 1 aromatic rings. The van der Waals surface area contributed by atoms with Gasteiger partial charge in [-0.2, -0.15) is 0 Å². The molecule has 1 saturated heterocycles. The molecule has 1 N–H and O–H groups in total. The topological polar surface area (TPSA) is 90.7 Å². The molecule has 0 aromatic carbocycles. The first-order valence-corrected chi connectivity index (χ1v) is 6.11. The SMILES string of the molecule is CCOC(=O)c1nc(C2CCOC2)n(C)c(=O)c1O. The lowest BCUT2D eigenvalue weighted by atomic mass is 10.1. The number of carbonyl (C=O) groups is 1. The fourth-order valence-electron chi connectivity index (χ4n) is 2.05. The molecule has 1 atom stereocenters. The van der Waals surface area contributed by atoms with E-state index >= 15 is 0 Å². The number of carbonyl (C=O) groups excluding carboxylic acids is 1. The first-order valence-electron chi connectivity index (χ1n) is 6.11. The van der Waals surface area contributed by atoms with E-state index in [1.54, 1.807) is 6.92 Å². The number of aromatic nitrogens is 2. The summed E-state index contributed by atoms with van der Waals surface area (Å²) < 4.78 is 11.3. The Kier molecular flexibility index (Phi) is 3.84. The van der Waals surface area contributed by atoms with Crippen molar-refractivity contribution in [3.05, 3.63) is 21.9 Å². The molecule has 0 spiro atoms. The molecule has 0 bridgehead atoms. The molecule has 1 fully saturated rings.